The number of rotatable bonds is 4. The van der Waals surface area contributed by atoms with Gasteiger partial charge in [0.25, 0.3) is 0 Å². The number of hydrogen-bond donors (Lipinski definition) is 0. The molecule has 142 valence electrons. The van der Waals surface area contributed by atoms with Gasteiger partial charge in [-0.1, -0.05) is 23.7 Å². The van der Waals surface area contributed by atoms with E-state index in [2.05, 4.69) is 10.00 Å². The molecule has 6 nitrogen and oxygen atoms in total. The van der Waals surface area contributed by atoms with E-state index in [0.717, 1.165) is 23.0 Å². The highest BCUT2D eigenvalue weighted by atomic mass is 35.5. The fourth-order valence-electron chi connectivity index (χ4n) is 3.25. The van der Waals surface area contributed by atoms with Gasteiger partial charge in [-0.3, -0.25) is 4.90 Å². The summed E-state index contributed by atoms with van der Waals surface area (Å²) >= 11 is 6.19. The monoisotopic (exact) mass is 408 g/mol. The highest BCUT2D eigenvalue weighted by Gasteiger charge is 2.28. The van der Waals surface area contributed by atoms with Gasteiger partial charge in [-0.05, 0) is 36.4 Å². The van der Waals surface area contributed by atoms with Crippen LogP contribution in [-0.4, -0.2) is 53.6 Å². The summed E-state index contributed by atoms with van der Waals surface area (Å²) in [6.07, 6.45) is 0. The van der Waals surface area contributed by atoms with E-state index in [1.807, 2.05) is 28.9 Å². The van der Waals surface area contributed by atoms with Gasteiger partial charge < -0.3 is 0 Å². The number of fused-ring (bicyclic) bond motifs is 1. The molecular weight excluding hydrogens is 391 g/mol. The summed E-state index contributed by atoms with van der Waals surface area (Å²) in [6, 6.07) is 12.7. The number of nitrogens with zero attached hydrogens (tertiary/aromatic N) is 4. The number of benzene rings is 2. The van der Waals surface area contributed by atoms with Crippen LogP contribution in [0.25, 0.3) is 10.9 Å². The number of sulfonamides is 1. The van der Waals surface area contributed by atoms with Crippen LogP contribution in [-0.2, 0) is 16.7 Å². The summed E-state index contributed by atoms with van der Waals surface area (Å²) in [5, 5.41) is 5.74. The molecule has 2 aromatic carbocycles. The second-order valence-corrected chi connectivity index (χ2v) is 8.72. The van der Waals surface area contributed by atoms with Gasteiger partial charge >= 0.3 is 0 Å². The fraction of sp³-hybridized carbons (Fsp3) is 0.278. The predicted octanol–water partition coefficient (Wildman–Crippen LogP) is 2.79. The SMILES string of the molecule is O=S(=O)(c1ccc(F)cc1)N1CCN(Cn2nc(Cl)c3ccccc32)CC1. The number of piperazine rings is 1. The van der Waals surface area contributed by atoms with Crippen LogP contribution < -0.4 is 0 Å². The molecule has 3 aromatic rings. The van der Waals surface area contributed by atoms with Crippen LogP contribution in [0.2, 0.25) is 5.15 Å². The lowest BCUT2D eigenvalue weighted by Crippen LogP contribution is -2.48. The molecule has 27 heavy (non-hydrogen) atoms. The predicted molar refractivity (Wildman–Crippen MR) is 101 cm³/mol. The summed E-state index contributed by atoms with van der Waals surface area (Å²) in [5.74, 6) is -0.455. The lowest BCUT2D eigenvalue weighted by molar-refractivity contribution is 0.148. The molecule has 4 rings (SSSR count). The summed E-state index contributed by atoms with van der Waals surface area (Å²) < 4.78 is 41.7. The van der Waals surface area contributed by atoms with Crippen molar-refractivity contribution < 1.29 is 12.8 Å². The molecule has 1 aromatic heterocycles. The molecule has 1 aliphatic rings. The quantitative estimate of drug-likeness (QED) is 0.666. The average molecular weight is 409 g/mol. The van der Waals surface area contributed by atoms with Crippen LogP contribution in [0.4, 0.5) is 4.39 Å². The zero-order valence-electron chi connectivity index (χ0n) is 14.4. The van der Waals surface area contributed by atoms with Gasteiger partial charge in [0, 0.05) is 31.6 Å². The highest BCUT2D eigenvalue weighted by Crippen LogP contribution is 2.23. The lowest BCUT2D eigenvalue weighted by atomic mass is 10.2. The topological polar surface area (TPSA) is 58.4 Å². The van der Waals surface area contributed by atoms with E-state index in [-0.39, 0.29) is 4.90 Å². The van der Waals surface area contributed by atoms with Crippen molar-refractivity contribution in [3.05, 3.63) is 59.5 Å². The zero-order valence-corrected chi connectivity index (χ0v) is 16.0. The van der Waals surface area contributed by atoms with E-state index in [1.54, 1.807) is 0 Å². The first kappa shape index (κ1) is 18.4. The summed E-state index contributed by atoms with van der Waals surface area (Å²) in [4.78, 5) is 2.24. The molecule has 0 radical (unpaired) electrons. The van der Waals surface area contributed by atoms with Gasteiger partial charge in [-0.15, -0.1) is 0 Å². The van der Waals surface area contributed by atoms with Crippen molar-refractivity contribution in [2.45, 2.75) is 11.6 Å². The van der Waals surface area contributed by atoms with Crippen LogP contribution in [0.5, 0.6) is 0 Å². The van der Waals surface area contributed by atoms with Crippen molar-refractivity contribution >= 4 is 32.5 Å². The molecule has 0 bridgehead atoms. The second-order valence-electron chi connectivity index (χ2n) is 6.42. The fourth-order valence-corrected chi connectivity index (χ4v) is 4.92. The van der Waals surface area contributed by atoms with Gasteiger partial charge in [0.15, 0.2) is 5.15 Å². The number of aromatic nitrogens is 2. The molecular formula is C18H18ClFN4O2S. The molecule has 0 aliphatic carbocycles. The Kier molecular flexibility index (Phi) is 4.90. The number of hydrogen-bond acceptors (Lipinski definition) is 4. The van der Waals surface area contributed by atoms with Gasteiger partial charge in [0.2, 0.25) is 10.0 Å². The minimum atomic E-state index is -3.61. The van der Waals surface area contributed by atoms with E-state index in [1.165, 1.54) is 16.4 Å². The maximum atomic E-state index is 13.1. The first-order valence-corrected chi connectivity index (χ1v) is 10.4. The minimum Gasteiger partial charge on any atom is -0.282 e. The largest absolute Gasteiger partial charge is 0.282 e. The molecule has 2 heterocycles. The Morgan fingerprint density at radius 2 is 1.67 bits per heavy atom. The zero-order chi connectivity index (χ0) is 19.0. The summed E-state index contributed by atoms with van der Waals surface area (Å²) in [6.45, 7) is 2.43. The summed E-state index contributed by atoms with van der Waals surface area (Å²) in [5.41, 5.74) is 0.948. The van der Waals surface area contributed by atoms with Crippen molar-refractivity contribution in [3.8, 4) is 0 Å². The maximum Gasteiger partial charge on any atom is 0.243 e. The second kappa shape index (κ2) is 7.20. The molecule has 1 fully saturated rings. The molecule has 0 unspecified atom stereocenters. The Balaban J connectivity index is 1.45. The third-order valence-corrected chi connectivity index (χ3v) is 6.92. The third kappa shape index (κ3) is 3.58. The van der Waals surface area contributed by atoms with Crippen molar-refractivity contribution in [1.82, 2.24) is 19.0 Å². The van der Waals surface area contributed by atoms with Crippen LogP contribution >= 0.6 is 11.6 Å². The van der Waals surface area contributed by atoms with Gasteiger partial charge in [0.1, 0.15) is 5.82 Å². The van der Waals surface area contributed by atoms with Gasteiger partial charge in [-0.2, -0.15) is 9.40 Å². The third-order valence-electron chi connectivity index (χ3n) is 4.73. The normalized spacial score (nSPS) is 16.8. The Hall–Kier alpha value is -2.00. The number of para-hydroxylation sites is 1. The molecule has 0 amide bonds. The molecule has 0 saturated carbocycles. The highest BCUT2D eigenvalue weighted by molar-refractivity contribution is 7.89. The van der Waals surface area contributed by atoms with Crippen molar-refractivity contribution in [1.29, 1.82) is 0 Å². The number of halogens is 2. The standard InChI is InChI=1S/C18H18ClFN4O2S/c19-18-16-3-1-2-4-17(16)24(21-18)13-22-9-11-23(12-10-22)27(25,26)15-7-5-14(20)6-8-15/h1-8H,9-13H2. The Labute approximate surface area is 161 Å². The van der Waals surface area contributed by atoms with E-state index in [0.29, 0.717) is 38.0 Å². The van der Waals surface area contributed by atoms with E-state index in [4.69, 9.17) is 11.6 Å². The molecule has 0 spiro atoms. The minimum absolute atomic E-state index is 0.113. The van der Waals surface area contributed by atoms with E-state index < -0.39 is 15.8 Å². The van der Waals surface area contributed by atoms with Crippen LogP contribution in [0.1, 0.15) is 0 Å². The Morgan fingerprint density at radius 1 is 1.00 bits per heavy atom. The van der Waals surface area contributed by atoms with Gasteiger partial charge in [-0.25, -0.2) is 17.5 Å². The molecule has 1 saturated heterocycles. The lowest BCUT2D eigenvalue weighted by Gasteiger charge is -2.33. The van der Waals surface area contributed by atoms with Crippen molar-refractivity contribution in [3.63, 3.8) is 0 Å². The van der Waals surface area contributed by atoms with Crippen LogP contribution in [0.3, 0.4) is 0 Å². The van der Waals surface area contributed by atoms with E-state index in [9.17, 15) is 12.8 Å². The Morgan fingerprint density at radius 3 is 2.37 bits per heavy atom. The van der Waals surface area contributed by atoms with Crippen LogP contribution in [0.15, 0.2) is 53.4 Å². The molecule has 9 heteroatoms. The first-order valence-electron chi connectivity index (χ1n) is 8.54. The Bertz CT molecular complexity index is 1060. The first-order chi connectivity index (χ1) is 12.9. The molecule has 1 aliphatic heterocycles. The molecule has 0 atom stereocenters. The molecule has 0 N–H and O–H groups in total. The maximum absolute atomic E-state index is 13.1. The van der Waals surface area contributed by atoms with E-state index >= 15 is 0 Å². The summed E-state index contributed by atoms with van der Waals surface area (Å²) in [7, 11) is -3.61. The average Bonchev–Trinajstić information content (AvgIpc) is 2.99. The van der Waals surface area contributed by atoms with Gasteiger partial charge in [0.05, 0.1) is 17.1 Å². The van der Waals surface area contributed by atoms with Crippen molar-refractivity contribution in [2.75, 3.05) is 26.2 Å². The van der Waals surface area contributed by atoms with Crippen LogP contribution in [0, 0.1) is 5.82 Å². The van der Waals surface area contributed by atoms with Crippen molar-refractivity contribution in [2.24, 2.45) is 0 Å². The smallest absolute Gasteiger partial charge is 0.243 e.